The summed E-state index contributed by atoms with van der Waals surface area (Å²) >= 11 is 5.93. The summed E-state index contributed by atoms with van der Waals surface area (Å²) < 4.78 is 13.5. The van der Waals surface area contributed by atoms with Crippen molar-refractivity contribution in [2.45, 2.75) is 38.3 Å². The fraction of sp³-hybridized carbons (Fsp3) is 0.440. The minimum atomic E-state index is -0.300. The molecule has 0 radical (unpaired) electrons. The lowest BCUT2D eigenvalue weighted by molar-refractivity contribution is -0.129. The fourth-order valence-electron chi connectivity index (χ4n) is 4.87. The van der Waals surface area contributed by atoms with E-state index in [-0.39, 0.29) is 23.7 Å². The average molecular weight is 458 g/mol. The molecule has 0 aromatic heterocycles. The van der Waals surface area contributed by atoms with Crippen molar-refractivity contribution >= 4 is 23.4 Å². The molecule has 2 aromatic carbocycles. The molecule has 7 heteroatoms. The lowest BCUT2D eigenvalue weighted by atomic mass is 9.94. The zero-order valence-corrected chi connectivity index (χ0v) is 18.9. The molecule has 1 saturated heterocycles. The van der Waals surface area contributed by atoms with Gasteiger partial charge in [0, 0.05) is 43.3 Å². The third kappa shape index (κ3) is 5.48. The van der Waals surface area contributed by atoms with E-state index < -0.39 is 0 Å². The van der Waals surface area contributed by atoms with Gasteiger partial charge in [0.15, 0.2) is 0 Å². The minimum Gasteiger partial charge on any atom is -0.351 e. The van der Waals surface area contributed by atoms with Crippen LogP contribution in [0.3, 0.4) is 0 Å². The molecular formula is C25H29ClFN3O2. The van der Waals surface area contributed by atoms with Gasteiger partial charge in [-0.25, -0.2) is 4.39 Å². The van der Waals surface area contributed by atoms with E-state index in [0.717, 1.165) is 31.2 Å². The molecule has 2 aromatic rings. The Labute approximate surface area is 193 Å². The number of carbonyl (C=O) groups is 2. The van der Waals surface area contributed by atoms with Gasteiger partial charge in [-0.3, -0.25) is 14.5 Å². The predicted octanol–water partition coefficient (Wildman–Crippen LogP) is 4.11. The number of benzene rings is 2. The number of nitrogens with one attached hydrogen (secondary N) is 1. The summed E-state index contributed by atoms with van der Waals surface area (Å²) in [7, 11) is 0. The highest BCUT2D eigenvalue weighted by Crippen LogP contribution is 2.31. The van der Waals surface area contributed by atoms with Crippen LogP contribution >= 0.6 is 11.6 Å². The molecule has 1 aliphatic carbocycles. The molecule has 2 fully saturated rings. The predicted molar refractivity (Wildman–Crippen MR) is 123 cm³/mol. The highest BCUT2D eigenvalue weighted by molar-refractivity contribution is 6.30. The number of nitrogens with zero attached hydrogens (tertiary/aromatic N) is 2. The van der Waals surface area contributed by atoms with Crippen LogP contribution < -0.4 is 5.32 Å². The first-order valence-electron chi connectivity index (χ1n) is 11.3. The molecule has 1 N–H and O–H groups in total. The largest absolute Gasteiger partial charge is 0.351 e. The van der Waals surface area contributed by atoms with E-state index in [1.54, 1.807) is 30.3 Å². The van der Waals surface area contributed by atoms with Crippen molar-refractivity contribution in [3.63, 3.8) is 0 Å². The summed E-state index contributed by atoms with van der Waals surface area (Å²) in [5, 5.41) is 3.63. The Balaban J connectivity index is 1.38. The van der Waals surface area contributed by atoms with E-state index >= 15 is 0 Å². The quantitative estimate of drug-likeness (QED) is 0.710. The van der Waals surface area contributed by atoms with Gasteiger partial charge in [0.25, 0.3) is 5.91 Å². The molecule has 2 aliphatic rings. The number of hydrogen-bond donors (Lipinski definition) is 1. The molecule has 4 rings (SSSR count). The van der Waals surface area contributed by atoms with Crippen molar-refractivity contribution in [3.05, 3.63) is 70.5 Å². The zero-order chi connectivity index (χ0) is 22.5. The number of hydrogen-bond acceptors (Lipinski definition) is 3. The number of piperazine rings is 1. The maximum atomic E-state index is 13.5. The SMILES string of the molecule is O=C(NCc1cccc(F)c1)C(C1CCCC1)N1CCN(C(=O)c2ccc(Cl)cc2)CC1. The Morgan fingerprint density at radius 2 is 1.72 bits per heavy atom. The van der Waals surface area contributed by atoms with Crippen LogP contribution in [0.1, 0.15) is 41.6 Å². The Hall–Kier alpha value is -2.44. The monoisotopic (exact) mass is 457 g/mol. The van der Waals surface area contributed by atoms with Crippen LogP contribution in [0.5, 0.6) is 0 Å². The second-order valence-electron chi connectivity index (χ2n) is 8.67. The van der Waals surface area contributed by atoms with E-state index in [2.05, 4.69) is 10.2 Å². The first kappa shape index (κ1) is 22.7. The highest BCUT2D eigenvalue weighted by Gasteiger charge is 2.37. The van der Waals surface area contributed by atoms with Crippen LogP contribution in [-0.4, -0.2) is 53.8 Å². The topological polar surface area (TPSA) is 52.7 Å². The summed E-state index contributed by atoms with van der Waals surface area (Å²) in [5.74, 6) is 0.0134. The van der Waals surface area contributed by atoms with Gasteiger partial charge in [-0.1, -0.05) is 36.6 Å². The number of carbonyl (C=O) groups excluding carboxylic acids is 2. The minimum absolute atomic E-state index is 0.00126. The van der Waals surface area contributed by atoms with Crippen molar-refractivity contribution in [2.75, 3.05) is 26.2 Å². The van der Waals surface area contributed by atoms with Gasteiger partial charge in [-0.2, -0.15) is 0 Å². The van der Waals surface area contributed by atoms with Gasteiger partial charge in [0.1, 0.15) is 5.82 Å². The van der Waals surface area contributed by atoms with Crippen molar-refractivity contribution < 1.29 is 14.0 Å². The third-order valence-electron chi connectivity index (χ3n) is 6.56. The van der Waals surface area contributed by atoms with Crippen LogP contribution in [0, 0.1) is 11.7 Å². The molecule has 1 atom stereocenters. The first-order valence-corrected chi connectivity index (χ1v) is 11.7. The molecule has 1 saturated carbocycles. The van der Waals surface area contributed by atoms with Crippen LogP contribution in [0.2, 0.25) is 5.02 Å². The smallest absolute Gasteiger partial charge is 0.253 e. The number of rotatable bonds is 6. The van der Waals surface area contributed by atoms with Crippen LogP contribution in [-0.2, 0) is 11.3 Å². The van der Waals surface area contributed by atoms with Gasteiger partial charge in [-0.15, -0.1) is 0 Å². The van der Waals surface area contributed by atoms with Gasteiger partial charge < -0.3 is 10.2 Å². The zero-order valence-electron chi connectivity index (χ0n) is 18.1. The maximum Gasteiger partial charge on any atom is 0.253 e. The Bertz CT molecular complexity index is 938. The summed E-state index contributed by atoms with van der Waals surface area (Å²) in [6.45, 7) is 2.81. The normalized spacial score (nSPS) is 18.5. The van der Waals surface area contributed by atoms with Gasteiger partial charge in [-0.05, 0) is 60.7 Å². The van der Waals surface area contributed by atoms with E-state index in [0.29, 0.717) is 49.2 Å². The molecule has 32 heavy (non-hydrogen) atoms. The summed E-state index contributed by atoms with van der Waals surface area (Å²) in [4.78, 5) is 30.1. The second kappa shape index (κ2) is 10.5. The molecule has 0 bridgehead atoms. The molecular weight excluding hydrogens is 429 g/mol. The van der Waals surface area contributed by atoms with Crippen LogP contribution in [0.4, 0.5) is 4.39 Å². The van der Waals surface area contributed by atoms with E-state index in [9.17, 15) is 14.0 Å². The molecule has 1 heterocycles. The van der Waals surface area contributed by atoms with E-state index in [4.69, 9.17) is 11.6 Å². The molecule has 2 amide bonds. The fourth-order valence-corrected chi connectivity index (χ4v) is 5.00. The number of halogens is 2. The average Bonchev–Trinajstić information content (AvgIpc) is 3.33. The molecule has 0 spiro atoms. The molecule has 170 valence electrons. The van der Waals surface area contributed by atoms with Gasteiger partial charge in [0.2, 0.25) is 5.91 Å². The lowest BCUT2D eigenvalue weighted by Gasteiger charge is -2.40. The Morgan fingerprint density at radius 1 is 1.03 bits per heavy atom. The summed E-state index contributed by atoms with van der Waals surface area (Å²) in [5.41, 5.74) is 1.38. The first-order chi connectivity index (χ1) is 15.5. The Morgan fingerprint density at radius 3 is 2.38 bits per heavy atom. The second-order valence-corrected chi connectivity index (χ2v) is 9.11. The maximum absolute atomic E-state index is 13.5. The lowest BCUT2D eigenvalue weighted by Crippen LogP contribution is -2.57. The standard InChI is InChI=1S/C25H29ClFN3O2/c26-21-10-8-20(9-11-21)25(32)30-14-12-29(13-15-30)23(19-5-1-2-6-19)24(31)28-17-18-4-3-7-22(27)16-18/h3-4,7-11,16,19,23H,1-2,5-6,12-15,17H2,(H,28,31). The van der Waals surface area contributed by atoms with E-state index in [1.807, 2.05) is 11.0 Å². The van der Waals surface area contributed by atoms with Crippen molar-refractivity contribution in [1.29, 1.82) is 0 Å². The van der Waals surface area contributed by atoms with E-state index in [1.165, 1.54) is 12.1 Å². The van der Waals surface area contributed by atoms with Crippen molar-refractivity contribution in [1.82, 2.24) is 15.1 Å². The van der Waals surface area contributed by atoms with Crippen LogP contribution in [0.25, 0.3) is 0 Å². The highest BCUT2D eigenvalue weighted by atomic mass is 35.5. The molecule has 1 unspecified atom stereocenters. The van der Waals surface area contributed by atoms with Crippen molar-refractivity contribution in [3.8, 4) is 0 Å². The van der Waals surface area contributed by atoms with Crippen molar-refractivity contribution in [2.24, 2.45) is 5.92 Å². The number of amides is 2. The molecule has 1 aliphatic heterocycles. The van der Waals surface area contributed by atoms with Gasteiger partial charge >= 0.3 is 0 Å². The third-order valence-corrected chi connectivity index (χ3v) is 6.81. The Kier molecular flexibility index (Phi) is 7.43. The van der Waals surface area contributed by atoms with Crippen LogP contribution in [0.15, 0.2) is 48.5 Å². The summed E-state index contributed by atoms with van der Waals surface area (Å²) in [6, 6.07) is 13.1. The molecule has 5 nitrogen and oxygen atoms in total. The van der Waals surface area contributed by atoms with Gasteiger partial charge in [0.05, 0.1) is 6.04 Å². The summed E-state index contributed by atoms with van der Waals surface area (Å²) in [6.07, 6.45) is 4.38.